The molecule has 4 nitrogen and oxygen atoms in total. The summed E-state index contributed by atoms with van der Waals surface area (Å²) in [5.41, 5.74) is 0.714. The molecule has 0 aliphatic heterocycles. The quantitative estimate of drug-likeness (QED) is 0.572. The van der Waals surface area contributed by atoms with Crippen molar-refractivity contribution < 1.29 is 19.0 Å². The molecule has 0 heterocycles. The number of hydrogen-bond donors (Lipinski definition) is 2. The maximum absolute atomic E-state index is 13.6. The number of esters is 1. The molecule has 0 unspecified atom stereocenters. The van der Waals surface area contributed by atoms with Crippen molar-refractivity contribution in [3.8, 4) is 0 Å². The average molecular weight is 255 g/mol. The van der Waals surface area contributed by atoms with Gasteiger partial charge in [-0.05, 0) is 37.1 Å². The number of ether oxygens (including phenoxy) is 1. The zero-order chi connectivity index (χ0) is 13.4. The van der Waals surface area contributed by atoms with Crippen molar-refractivity contribution >= 4 is 5.97 Å². The molecule has 1 aromatic carbocycles. The van der Waals surface area contributed by atoms with Crippen LogP contribution in [0.1, 0.15) is 28.8 Å². The standard InChI is InChI=1S/C13H18FNO3/c1-18-13(17)11-5-4-10(8-12(11)14)9-15-6-2-3-7-16/h4-5,8,15-16H,2-3,6-7,9H2,1H3. The van der Waals surface area contributed by atoms with Gasteiger partial charge in [-0.15, -0.1) is 0 Å². The third-order valence-corrected chi connectivity index (χ3v) is 2.53. The van der Waals surface area contributed by atoms with E-state index < -0.39 is 11.8 Å². The largest absolute Gasteiger partial charge is 0.465 e. The molecule has 0 amide bonds. The Balaban J connectivity index is 2.49. The summed E-state index contributed by atoms with van der Waals surface area (Å²) in [6.07, 6.45) is 1.63. The zero-order valence-corrected chi connectivity index (χ0v) is 10.4. The minimum Gasteiger partial charge on any atom is -0.465 e. The van der Waals surface area contributed by atoms with Gasteiger partial charge in [0, 0.05) is 13.2 Å². The van der Waals surface area contributed by atoms with Crippen LogP contribution in [0.25, 0.3) is 0 Å². The van der Waals surface area contributed by atoms with E-state index in [0.29, 0.717) is 6.54 Å². The van der Waals surface area contributed by atoms with Crippen LogP contribution in [0, 0.1) is 5.82 Å². The molecular weight excluding hydrogens is 237 g/mol. The fraction of sp³-hybridized carbons (Fsp3) is 0.462. The molecule has 0 radical (unpaired) electrons. The molecule has 2 N–H and O–H groups in total. The number of aliphatic hydroxyl groups is 1. The highest BCUT2D eigenvalue weighted by atomic mass is 19.1. The Hall–Kier alpha value is -1.46. The normalized spacial score (nSPS) is 10.4. The Bertz CT molecular complexity index is 396. The van der Waals surface area contributed by atoms with Crippen molar-refractivity contribution in [2.45, 2.75) is 19.4 Å². The lowest BCUT2D eigenvalue weighted by Crippen LogP contribution is -2.15. The monoisotopic (exact) mass is 255 g/mol. The number of carbonyl (C=O) groups is 1. The van der Waals surface area contributed by atoms with Gasteiger partial charge in [0.1, 0.15) is 5.82 Å². The molecule has 5 heteroatoms. The van der Waals surface area contributed by atoms with E-state index in [1.807, 2.05) is 0 Å². The number of nitrogens with one attached hydrogen (secondary N) is 1. The van der Waals surface area contributed by atoms with Crippen LogP contribution in [-0.2, 0) is 11.3 Å². The Morgan fingerprint density at radius 3 is 2.83 bits per heavy atom. The Morgan fingerprint density at radius 2 is 2.22 bits per heavy atom. The summed E-state index contributed by atoms with van der Waals surface area (Å²) in [7, 11) is 1.22. The number of benzene rings is 1. The van der Waals surface area contributed by atoms with E-state index in [0.717, 1.165) is 24.9 Å². The van der Waals surface area contributed by atoms with E-state index in [1.165, 1.54) is 19.2 Å². The van der Waals surface area contributed by atoms with E-state index >= 15 is 0 Å². The van der Waals surface area contributed by atoms with Gasteiger partial charge in [0.25, 0.3) is 0 Å². The van der Waals surface area contributed by atoms with E-state index in [1.54, 1.807) is 6.07 Å². The minimum absolute atomic E-state index is 0.0541. The Morgan fingerprint density at radius 1 is 1.44 bits per heavy atom. The number of rotatable bonds is 7. The number of methoxy groups -OCH3 is 1. The van der Waals surface area contributed by atoms with Crippen LogP contribution >= 0.6 is 0 Å². The van der Waals surface area contributed by atoms with Crippen molar-refractivity contribution in [1.29, 1.82) is 0 Å². The molecule has 100 valence electrons. The van der Waals surface area contributed by atoms with Crippen LogP contribution in [0.4, 0.5) is 4.39 Å². The summed E-state index contributed by atoms with van der Waals surface area (Å²) in [6.45, 7) is 1.48. The summed E-state index contributed by atoms with van der Waals surface area (Å²) in [4.78, 5) is 11.2. The fourth-order valence-corrected chi connectivity index (χ4v) is 1.54. The van der Waals surface area contributed by atoms with Gasteiger partial charge in [-0.25, -0.2) is 9.18 Å². The van der Waals surface area contributed by atoms with Crippen LogP contribution in [0.2, 0.25) is 0 Å². The van der Waals surface area contributed by atoms with Crippen molar-refractivity contribution in [3.05, 3.63) is 35.1 Å². The highest BCUT2D eigenvalue weighted by Gasteiger charge is 2.11. The first-order chi connectivity index (χ1) is 8.69. The molecule has 18 heavy (non-hydrogen) atoms. The molecule has 0 fully saturated rings. The number of aliphatic hydroxyl groups excluding tert-OH is 1. The molecule has 0 bridgehead atoms. The SMILES string of the molecule is COC(=O)c1ccc(CNCCCCO)cc1F. The first-order valence-corrected chi connectivity index (χ1v) is 5.87. The number of unbranched alkanes of at least 4 members (excludes halogenated alkanes) is 1. The number of hydrogen-bond acceptors (Lipinski definition) is 4. The molecule has 0 aromatic heterocycles. The van der Waals surface area contributed by atoms with Crippen LogP contribution < -0.4 is 5.32 Å². The summed E-state index contributed by atoms with van der Waals surface area (Å²) in [5.74, 6) is -1.24. The van der Waals surface area contributed by atoms with Crippen LogP contribution in [0.15, 0.2) is 18.2 Å². The maximum Gasteiger partial charge on any atom is 0.340 e. The van der Waals surface area contributed by atoms with Crippen LogP contribution in [-0.4, -0.2) is 31.3 Å². The second-order valence-corrected chi connectivity index (χ2v) is 3.91. The average Bonchev–Trinajstić information content (AvgIpc) is 2.38. The second kappa shape index (κ2) is 7.79. The fourth-order valence-electron chi connectivity index (χ4n) is 1.54. The van der Waals surface area contributed by atoms with Gasteiger partial charge in [0.15, 0.2) is 0 Å². The third kappa shape index (κ3) is 4.43. The van der Waals surface area contributed by atoms with Gasteiger partial charge in [-0.3, -0.25) is 0 Å². The smallest absolute Gasteiger partial charge is 0.340 e. The Kier molecular flexibility index (Phi) is 6.32. The van der Waals surface area contributed by atoms with Crippen LogP contribution in [0.3, 0.4) is 0 Å². The first-order valence-electron chi connectivity index (χ1n) is 5.87. The highest BCUT2D eigenvalue weighted by Crippen LogP contribution is 2.11. The van der Waals surface area contributed by atoms with Crippen molar-refractivity contribution in [3.63, 3.8) is 0 Å². The summed E-state index contributed by atoms with van der Waals surface area (Å²) in [5, 5.41) is 11.7. The van der Waals surface area contributed by atoms with E-state index in [9.17, 15) is 9.18 Å². The summed E-state index contributed by atoms with van der Waals surface area (Å²) >= 11 is 0. The van der Waals surface area contributed by atoms with Crippen molar-refractivity contribution in [2.24, 2.45) is 0 Å². The summed E-state index contributed by atoms with van der Waals surface area (Å²) in [6, 6.07) is 4.44. The summed E-state index contributed by atoms with van der Waals surface area (Å²) < 4.78 is 18.0. The van der Waals surface area contributed by atoms with Gasteiger partial charge in [0.05, 0.1) is 12.7 Å². The molecule has 0 atom stereocenters. The van der Waals surface area contributed by atoms with Gasteiger partial charge in [-0.1, -0.05) is 6.07 Å². The minimum atomic E-state index is -0.671. The van der Waals surface area contributed by atoms with Crippen molar-refractivity contribution in [2.75, 3.05) is 20.3 Å². The predicted octanol–water partition coefficient (Wildman–Crippen LogP) is 1.47. The maximum atomic E-state index is 13.6. The van der Waals surface area contributed by atoms with E-state index in [-0.39, 0.29) is 12.2 Å². The lowest BCUT2D eigenvalue weighted by atomic mass is 10.1. The van der Waals surface area contributed by atoms with Gasteiger partial charge < -0.3 is 15.2 Å². The molecule has 0 saturated heterocycles. The third-order valence-electron chi connectivity index (χ3n) is 2.53. The van der Waals surface area contributed by atoms with Gasteiger partial charge in [0.2, 0.25) is 0 Å². The Labute approximate surface area is 106 Å². The molecule has 0 spiro atoms. The molecule has 0 aliphatic rings. The molecular formula is C13H18FNO3. The van der Waals surface area contributed by atoms with Gasteiger partial charge in [-0.2, -0.15) is 0 Å². The molecule has 0 saturated carbocycles. The second-order valence-electron chi connectivity index (χ2n) is 3.91. The first kappa shape index (κ1) is 14.6. The van der Waals surface area contributed by atoms with Crippen molar-refractivity contribution in [1.82, 2.24) is 5.32 Å². The highest BCUT2D eigenvalue weighted by molar-refractivity contribution is 5.89. The number of carbonyl (C=O) groups excluding carboxylic acids is 1. The topological polar surface area (TPSA) is 58.6 Å². The predicted molar refractivity (Wildman–Crippen MR) is 65.8 cm³/mol. The lowest BCUT2D eigenvalue weighted by Gasteiger charge is -2.06. The number of halogens is 1. The molecule has 0 aliphatic carbocycles. The lowest BCUT2D eigenvalue weighted by molar-refractivity contribution is 0.0595. The molecule has 1 aromatic rings. The molecule has 1 rings (SSSR count). The van der Waals surface area contributed by atoms with Crippen LogP contribution in [0.5, 0.6) is 0 Å². The zero-order valence-electron chi connectivity index (χ0n) is 10.4. The van der Waals surface area contributed by atoms with E-state index in [2.05, 4.69) is 10.1 Å². The van der Waals surface area contributed by atoms with Gasteiger partial charge >= 0.3 is 5.97 Å². The van der Waals surface area contributed by atoms with E-state index in [4.69, 9.17) is 5.11 Å².